The minimum absolute atomic E-state index is 0.520. The van der Waals surface area contributed by atoms with Crippen LogP contribution in [-0.2, 0) is 19.4 Å². The normalized spacial score (nSPS) is 27.7. The van der Waals surface area contributed by atoms with Gasteiger partial charge in [-0.05, 0) is 0 Å². The molecule has 1 atom stereocenters. The summed E-state index contributed by atoms with van der Waals surface area (Å²) < 4.78 is 21.7. The molecule has 0 aromatic rings. The fourth-order valence-electron chi connectivity index (χ4n) is 0.923. The number of carbonyl (C=O) groups is 2. The van der Waals surface area contributed by atoms with Gasteiger partial charge in [0.25, 0.3) is 0 Å². The number of carboxylic acid groups (broad SMARTS) is 1. The van der Waals surface area contributed by atoms with Crippen LogP contribution in [0.3, 0.4) is 0 Å². The highest BCUT2D eigenvalue weighted by atomic mass is 32.2. The Kier molecular flexibility index (Phi) is 2.05. The van der Waals surface area contributed by atoms with Crippen molar-refractivity contribution in [1.82, 2.24) is 5.32 Å². The van der Waals surface area contributed by atoms with Gasteiger partial charge in [-0.3, -0.25) is 4.79 Å². The number of hydrogen-bond donors (Lipinski definition) is 2. The van der Waals surface area contributed by atoms with Crippen molar-refractivity contribution in [3.8, 4) is 0 Å². The Hall–Kier alpha value is -1.11. The van der Waals surface area contributed by atoms with E-state index in [2.05, 4.69) is 5.32 Å². The van der Waals surface area contributed by atoms with Crippen LogP contribution in [0, 0.1) is 0 Å². The van der Waals surface area contributed by atoms with Crippen LogP contribution in [0.1, 0.15) is 0 Å². The lowest BCUT2D eigenvalue weighted by molar-refractivity contribution is -0.141. The summed E-state index contributed by atoms with van der Waals surface area (Å²) in [5, 5.41) is 10.5. The summed E-state index contributed by atoms with van der Waals surface area (Å²) in [4.78, 5) is 20.9. The molecule has 0 bridgehead atoms. The first-order valence-electron chi connectivity index (χ1n) is 3.13. The number of carboxylic acids is 1. The summed E-state index contributed by atoms with van der Waals surface area (Å²) in [5.74, 6) is -3.22. The third-order valence-corrected chi connectivity index (χ3v) is 2.95. The lowest BCUT2D eigenvalue weighted by atomic mass is 10.3. The molecule has 2 N–H and O–H groups in total. The number of aliphatic carboxylic acids is 1. The van der Waals surface area contributed by atoms with E-state index in [-0.39, 0.29) is 0 Å². The van der Waals surface area contributed by atoms with Gasteiger partial charge in [-0.15, -0.1) is 0 Å². The fourth-order valence-corrected chi connectivity index (χ4v) is 2.26. The van der Waals surface area contributed by atoms with E-state index < -0.39 is 39.3 Å². The second kappa shape index (κ2) is 2.74. The molecule has 1 aliphatic heterocycles. The molecule has 0 aromatic carbocycles. The van der Waals surface area contributed by atoms with Crippen LogP contribution in [0.4, 0.5) is 0 Å². The van der Waals surface area contributed by atoms with E-state index >= 15 is 0 Å². The number of hydrogen-bond acceptors (Lipinski definition) is 4. The van der Waals surface area contributed by atoms with Crippen LogP contribution in [0.15, 0.2) is 0 Å². The zero-order valence-electron chi connectivity index (χ0n) is 5.98. The van der Waals surface area contributed by atoms with E-state index in [0.717, 1.165) is 0 Å². The van der Waals surface area contributed by atoms with Gasteiger partial charge in [-0.1, -0.05) is 0 Å². The predicted octanol–water partition coefficient (Wildman–Crippen LogP) is -2.02. The second-order valence-corrected chi connectivity index (χ2v) is 4.62. The van der Waals surface area contributed by atoms with Crippen LogP contribution >= 0.6 is 0 Å². The third-order valence-electron chi connectivity index (χ3n) is 1.40. The summed E-state index contributed by atoms with van der Waals surface area (Å²) in [6.07, 6.45) is 0. The van der Waals surface area contributed by atoms with Crippen molar-refractivity contribution in [1.29, 1.82) is 0 Å². The minimum atomic E-state index is -3.52. The molecule has 0 aromatic heterocycles. The molecule has 7 heteroatoms. The summed E-state index contributed by atoms with van der Waals surface area (Å²) in [6, 6.07) is -1.30. The Bertz CT molecular complexity index is 319. The topological polar surface area (TPSA) is 101 Å². The van der Waals surface area contributed by atoms with Crippen molar-refractivity contribution < 1.29 is 23.1 Å². The monoisotopic (exact) mass is 193 g/mol. The molecule has 1 aliphatic rings. The van der Waals surface area contributed by atoms with Gasteiger partial charge in [0.2, 0.25) is 5.91 Å². The summed E-state index contributed by atoms with van der Waals surface area (Å²) in [7, 11) is -3.52. The van der Waals surface area contributed by atoms with E-state index in [9.17, 15) is 18.0 Å². The molecule has 1 heterocycles. The Morgan fingerprint density at radius 2 is 2.17 bits per heavy atom. The molecule has 0 radical (unpaired) electrons. The van der Waals surface area contributed by atoms with Gasteiger partial charge in [-0.25, -0.2) is 13.2 Å². The van der Waals surface area contributed by atoms with Gasteiger partial charge < -0.3 is 10.4 Å². The van der Waals surface area contributed by atoms with Gasteiger partial charge in [0.05, 0.1) is 5.75 Å². The molecule has 0 saturated carbocycles. The molecule has 68 valence electrons. The Morgan fingerprint density at radius 3 is 2.58 bits per heavy atom. The van der Waals surface area contributed by atoms with Gasteiger partial charge >= 0.3 is 5.97 Å². The molecule has 6 nitrogen and oxygen atoms in total. The van der Waals surface area contributed by atoms with Crippen molar-refractivity contribution in [2.75, 3.05) is 11.5 Å². The fraction of sp³-hybridized carbons (Fsp3) is 0.600. The van der Waals surface area contributed by atoms with E-state index in [1.54, 1.807) is 0 Å². The van der Waals surface area contributed by atoms with Crippen LogP contribution in [0.25, 0.3) is 0 Å². The van der Waals surface area contributed by atoms with Crippen LogP contribution in [0.2, 0.25) is 0 Å². The zero-order valence-corrected chi connectivity index (χ0v) is 6.80. The highest BCUT2D eigenvalue weighted by Gasteiger charge is 2.33. The number of rotatable bonds is 1. The van der Waals surface area contributed by atoms with E-state index in [0.29, 0.717) is 0 Å². The molecule has 0 aliphatic carbocycles. The second-order valence-electron chi connectivity index (χ2n) is 2.51. The first-order valence-corrected chi connectivity index (χ1v) is 4.95. The summed E-state index contributed by atoms with van der Waals surface area (Å²) >= 11 is 0. The lowest BCUT2D eigenvalue weighted by Gasteiger charge is -2.19. The van der Waals surface area contributed by atoms with Crippen molar-refractivity contribution in [3.63, 3.8) is 0 Å². The zero-order chi connectivity index (χ0) is 9.35. The van der Waals surface area contributed by atoms with Crippen molar-refractivity contribution in [3.05, 3.63) is 0 Å². The maximum Gasteiger partial charge on any atom is 0.327 e. The maximum absolute atomic E-state index is 10.9. The molecule has 1 rings (SSSR count). The van der Waals surface area contributed by atoms with Crippen molar-refractivity contribution in [2.45, 2.75) is 6.04 Å². The van der Waals surface area contributed by atoms with Gasteiger partial charge in [0.15, 0.2) is 9.84 Å². The van der Waals surface area contributed by atoms with Gasteiger partial charge in [0, 0.05) is 0 Å². The Morgan fingerprint density at radius 1 is 1.58 bits per heavy atom. The van der Waals surface area contributed by atoms with Crippen molar-refractivity contribution in [2.24, 2.45) is 0 Å². The number of amides is 1. The standard InChI is InChI=1S/C5H7NO5S/c7-4-2-12(10,11)1-3(6-4)5(8)9/h3H,1-2H2,(H,6,7)(H,8,9). The molecule has 1 saturated heterocycles. The van der Waals surface area contributed by atoms with Gasteiger partial charge in [-0.2, -0.15) is 0 Å². The Balaban J connectivity index is 2.85. The van der Waals surface area contributed by atoms with Gasteiger partial charge in [0.1, 0.15) is 11.8 Å². The largest absolute Gasteiger partial charge is 0.480 e. The number of nitrogens with one attached hydrogen (secondary N) is 1. The average molecular weight is 193 g/mol. The van der Waals surface area contributed by atoms with Crippen LogP contribution in [0.5, 0.6) is 0 Å². The summed E-state index contributed by atoms with van der Waals surface area (Å²) in [5.41, 5.74) is 0. The third kappa shape index (κ3) is 1.94. The molecule has 12 heavy (non-hydrogen) atoms. The first kappa shape index (κ1) is 8.98. The van der Waals surface area contributed by atoms with E-state index in [1.165, 1.54) is 0 Å². The molecule has 0 spiro atoms. The molecule has 1 amide bonds. The Labute approximate surface area is 68.5 Å². The average Bonchev–Trinajstić information content (AvgIpc) is 1.82. The molecule has 1 unspecified atom stereocenters. The van der Waals surface area contributed by atoms with Crippen molar-refractivity contribution >= 4 is 21.7 Å². The van der Waals surface area contributed by atoms with E-state index in [1.807, 2.05) is 0 Å². The SMILES string of the molecule is O=C1CS(=O)(=O)CC(C(=O)O)N1. The highest BCUT2D eigenvalue weighted by Crippen LogP contribution is 2.02. The van der Waals surface area contributed by atoms with E-state index in [4.69, 9.17) is 5.11 Å². The quantitative estimate of drug-likeness (QED) is 0.501. The maximum atomic E-state index is 10.9. The first-order chi connectivity index (χ1) is 5.41. The highest BCUT2D eigenvalue weighted by molar-refractivity contribution is 7.92. The minimum Gasteiger partial charge on any atom is -0.480 e. The predicted molar refractivity (Wildman–Crippen MR) is 38.2 cm³/mol. The molecular formula is C5H7NO5S. The lowest BCUT2D eigenvalue weighted by Crippen LogP contribution is -2.52. The van der Waals surface area contributed by atoms with Crippen LogP contribution in [-0.4, -0.2) is 42.9 Å². The van der Waals surface area contributed by atoms with Crippen LogP contribution < -0.4 is 5.32 Å². The molecular weight excluding hydrogens is 186 g/mol. The smallest absolute Gasteiger partial charge is 0.327 e. The summed E-state index contributed by atoms with van der Waals surface area (Å²) in [6.45, 7) is 0. The number of carbonyl (C=O) groups excluding carboxylic acids is 1. The molecule has 1 fully saturated rings. The number of sulfone groups is 1.